The molecule has 2 aromatic rings. The number of aromatic nitrogens is 4. The normalized spacial score (nSPS) is 18.9. The Labute approximate surface area is 116 Å². The van der Waals surface area contributed by atoms with E-state index in [9.17, 15) is 4.79 Å². The van der Waals surface area contributed by atoms with E-state index in [1.165, 1.54) is 17.4 Å². The van der Waals surface area contributed by atoms with E-state index in [0.29, 0.717) is 18.1 Å². The smallest absolute Gasteiger partial charge is 0.364 e. The maximum atomic E-state index is 11.4. The molecule has 1 aliphatic rings. The minimum atomic E-state index is -0.373. The highest BCUT2D eigenvalue weighted by molar-refractivity contribution is 5.35. The number of aromatic amines is 1. The number of fused-ring (bicyclic) bond motifs is 1. The zero-order valence-corrected chi connectivity index (χ0v) is 11.3. The van der Waals surface area contributed by atoms with E-state index in [2.05, 4.69) is 15.3 Å². The summed E-state index contributed by atoms with van der Waals surface area (Å²) in [7, 11) is 0. The van der Waals surface area contributed by atoms with Crippen LogP contribution in [0.1, 0.15) is 38.5 Å². The first-order chi connectivity index (χ1) is 9.66. The van der Waals surface area contributed by atoms with Crippen LogP contribution in [-0.4, -0.2) is 32.0 Å². The molecule has 3 N–H and O–H groups in total. The molecule has 1 aliphatic carbocycles. The number of nitrogens with one attached hydrogen (secondary N) is 1. The molecule has 0 radical (unpaired) electrons. The Balaban J connectivity index is 1.72. The van der Waals surface area contributed by atoms with Crippen molar-refractivity contribution in [1.82, 2.24) is 19.8 Å². The maximum Gasteiger partial charge on any atom is 0.364 e. The summed E-state index contributed by atoms with van der Waals surface area (Å²) in [5.74, 6) is 0.398. The summed E-state index contributed by atoms with van der Waals surface area (Å²) < 4.78 is 6.89. The van der Waals surface area contributed by atoms with Gasteiger partial charge >= 0.3 is 5.69 Å². The summed E-state index contributed by atoms with van der Waals surface area (Å²) >= 11 is 0. The predicted molar refractivity (Wildman–Crippen MR) is 73.7 cm³/mol. The first-order valence-electron chi connectivity index (χ1n) is 7.02. The predicted octanol–water partition coefficient (Wildman–Crippen LogP) is 0.848. The van der Waals surface area contributed by atoms with Crippen LogP contribution in [0, 0.1) is 0 Å². The van der Waals surface area contributed by atoms with Crippen molar-refractivity contribution < 1.29 is 4.74 Å². The van der Waals surface area contributed by atoms with E-state index in [-0.39, 0.29) is 11.2 Å². The molecule has 108 valence electrons. The monoisotopic (exact) mass is 277 g/mol. The molecule has 0 saturated heterocycles. The zero-order chi connectivity index (χ0) is 14.0. The van der Waals surface area contributed by atoms with Crippen molar-refractivity contribution in [2.45, 2.75) is 44.1 Å². The Kier molecular flexibility index (Phi) is 3.43. The van der Waals surface area contributed by atoms with Gasteiger partial charge in [0.25, 0.3) is 0 Å². The molecule has 2 heterocycles. The fourth-order valence-electron chi connectivity index (χ4n) is 2.66. The van der Waals surface area contributed by atoms with Crippen LogP contribution in [0.3, 0.4) is 0 Å². The molecule has 0 aromatic carbocycles. The fourth-order valence-corrected chi connectivity index (χ4v) is 2.66. The van der Waals surface area contributed by atoms with Gasteiger partial charge in [0, 0.05) is 6.07 Å². The van der Waals surface area contributed by atoms with E-state index in [1.807, 2.05) is 0 Å². The van der Waals surface area contributed by atoms with E-state index >= 15 is 0 Å². The van der Waals surface area contributed by atoms with E-state index in [0.717, 1.165) is 25.7 Å². The van der Waals surface area contributed by atoms with Crippen LogP contribution < -0.4 is 16.2 Å². The van der Waals surface area contributed by atoms with Gasteiger partial charge in [-0.2, -0.15) is 9.61 Å². The fraction of sp³-hybridized carbons (Fsp3) is 0.615. The highest BCUT2D eigenvalue weighted by Gasteiger charge is 2.27. The molecular weight excluding hydrogens is 258 g/mol. The Morgan fingerprint density at radius 3 is 2.80 bits per heavy atom. The van der Waals surface area contributed by atoms with Crippen LogP contribution in [0.15, 0.2) is 16.9 Å². The minimum absolute atomic E-state index is 0.283. The highest BCUT2D eigenvalue weighted by atomic mass is 16.5. The van der Waals surface area contributed by atoms with Crippen LogP contribution in [0.2, 0.25) is 0 Å². The van der Waals surface area contributed by atoms with Crippen LogP contribution >= 0.6 is 0 Å². The van der Waals surface area contributed by atoms with Crippen LogP contribution in [0.25, 0.3) is 5.65 Å². The Morgan fingerprint density at radius 1 is 1.30 bits per heavy atom. The average Bonchev–Trinajstić information content (AvgIpc) is 2.68. The van der Waals surface area contributed by atoms with Gasteiger partial charge in [-0.1, -0.05) is 25.7 Å². The molecule has 0 aliphatic heterocycles. The SMILES string of the molecule is NC1(COc2ccc3n[nH]c(=O)n3n2)CCCCCC1. The second-order valence-electron chi connectivity index (χ2n) is 5.54. The van der Waals surface area contributed by atoms with E-state index in [1.54, 1.807) is 12.1 Å². The third-order valence-corrected chi connectivity index (χ3v) is 3.86. The lowest BCUT2D eigenvalue weighted by Crippen LogP contribution is -2.45. The van der Waals surface area contributed by atoms with Crippen LogP contribution in [0.4, 0.5) is 0 Å². The van der Waals surface area contributed by atoms with Crippen molar-refractivity contribution in [1.29, 1.82) is 0 Å². The standard InChI is InChI=1S/C13H19N5O2/c14-13(7-3-1-2-4-8-13)9-20-11-6-5-10-15-16-12(19)18(10)17-11/h5-6H,1-4,7-9,14H2,(H,16,19). The lowest BCUT2D eigenvalue weighted by Gasteiger charge is -2.27. The molecule has 0 atom stereocenters. The molecule has 7 nitrogen and oxygen atoms in total. The van der Waals surface area contributed by atoms with Gasteiger partial charge in [-0.15, -0.1) is 5.10 Å². The van der Waals surface area contributed by atoms with Gasteiger partial charge in [0.2, 0.25) is 5.88 Å². The number of hydrogen-bond acceptors (Lipinski definition) is 5. The number of rotatable bonds is 3. The molecule has 0 amide bonds. The molecule has 20 heavy (non-hydrogen) atoms. The Bertz CT molecular complexity index is 639. The summed E-state index contributed by atoms with van der Waals surface area (Å²) in [6, 6.07) is 3.40. The van der Waals surface area contributed by atoms with Crippen LogP contribution in [-0.2, 0) is 0 Å². The quantitative estimate of drug-likeness (QED) is 0.810. The van der Waals surface area contributed by atoms with Crippen molar-refractivity contribution in [3.8, 4) is 5.88 Å². The maximum absolute atomic E-state index is 11.4. The zero-order valence-electron chi connectivity index (χ0n) is 11.3. The van der Waals surface area contributed by atoms with Crippen molar-refractivity contribution >= 4 is 5.65 Å². The van der Waals surface area contributed by atoms with Gasteiger partial charge in [0.05, 0.1) is 5.54 Å². The largest absolute Gasteiger partial charge is 0.475 e. The molecule has 2 aromatic heterocycles. The van der Waals surface area contributed by atoms with E-state index < -0.39 is 0 Å². The molecule has 3 rings (SSSR count). The first-order valence-corrected chi connectivity index (χ1v) is 7.02. The Hall–Kier alpha value is -1.89. The molecule has 7 heteroatoms. The van der Waals surface area contributed by atoms with Crippen LogP contribution in [0.5, 0.6) is 5.88 Å². The van der Waals surface area contributed by atoms with Gasteiger partial charge in [-0.3, -0.25) is 0 Å². The third-order valence-electron chi connectivity index (χ3n) is 3.86. The van der Waals surface area contributed by atoms with Gasteiger partial charge in [-0.05, 0) is 18.9 Å². The highest BCUT2D eigenvalue weighted by Crippen LogP contribution is 2.25. The number of nitrogens with zero attached hydrogens (tertiary/aromatic N) is 3. The van der Waals surface area contributed by atoms with Gasteiger partial charge in [0.15, 0.2) is 5.65 Å². The molecule has 0 bridgehead atoms. The number of nitrogens with two attached hydrogens (primary N) is 1. The first kappa shape index (κ1) is 13.1. The minimum Gasteiger partial charge on any atom is -0.475 e. The van der Waals surface area contributed by atoms with Crippen molar-refractivity contribution in [3.63, 3.8) is 0 Å². The summed E-state index contributed by atoms with van der Waals surface area (Å²) in [4.78, 5) is 11.4. The number of ether oxygens (including phenoxy) is 1. The molecule has 1 saturated carbocycles. The van der Waals surface area contributed by atoms with Gasteiger partial charge < -0.3 is 10.5 Å². The Morgan fingerprint density at radius 2 is 2.05 bits per heavy atom. The van der Waals surface area contributed by atoms with Crippen molar-refractivity contribution in [2.75, 3.05) is 6.61 Å². The van der Waals surface area contributed by atoms with E-state index in [4.69, 9.17) is 10.5 Å². The second kappa shape index (κ2) is 5.24. The van der Waals surface area contributed by atoms with Gasteiger partial charge in [0.1, 0.15) is 6.61 Å². The summed E-state index contributed by atoms with van der Waals surface area (Å²) in [6.07, 6.45) is 6.73. The average molecular weight is 277 g/mol. The molecule has 0 unspecified atom stereocenters. The topological polar surface area (TPSA) is 98.3 Å². The summed E-state index contributed by atoms with van der Waals surface area (Å²) in [5, 5.41) is 10.3. The summed E-state index contributed by atoms with van der Waals surface area (Å²) in [5.41, 5.74) is 6.21. The lowest BCUT2D eigenvalue weighted by molar-refractivity contribution is 0.191. The number of hydrogen-bond donors (Lipinski definition) is 2. The second-order valence-corrected chi connectivity index (χ2v) is 5.54. The molecular formula is C13H19N5O2. The molecule has 0 spiro atoms. The van der Waals surface area contributed by atoms with Crippen molar-refractivity contribution in [3.05, 3.63) is 22.6 Å². The third kappa shape index (κ3) is 2.67. The lowest BCUT2D eigenvalue weighted by atomic mass is 9.93. The number of H-pyrrole nitrogens is 1. The van der Waals surface area contributed by atoms with Gasteiger partial charge in [-0.25, -0.2) is 9.89 Å². The van der Waals surface area contributed by atoms with Crippen molar-refractivity contribution in [2.24, 2.45) is 5.73 Å². The molecule has 1 fully saturated rings. The summed E-state index contributed by atoms with van der Waals surface area (Å²) in [6.45, 7) is 0.429.